The normalized spacial score (nSPS) is 29.1. The van der Waals surface area contributed by atoms with Gasteiger partial charge in [-0.1, -0.05) is 32.1 Å². The molecule has 1 aliphatic heterocycles. The molecule has 3 aliphatic rings. The molecule has 3 rings (SSSR count). The predicted molar refractivity (Wildman–Crippen MR) is 81.5 cm³/mol. The zero-order chi connectivity index (χ0) is 13.0. The van der Waals surface area contributed by atoms with E-state index in [4.69, 9.17) is 0 Å². The van der Waals surface area contributed by atoms with E-state index in [1.165, 1.54) is 96.8 Å². The molecule has 2 aliphatic carbocycles. The molecule has 19 heavy (non-hydrogen) atoms. The van der Waals surface area contributed by atoms with Crippen molar-refractivity contribution < 1.29 is 0 Å². The largest absolute Gasteiger partial charge is 0.313 e. The summed E-state index contributed by atoms with van der Waals surface area (Å²) in [6.07, 6.45) is 16.0. The van der Waals surface area contributed by atoms with Crippen molar-refractivity contribution in [2.75, 3.05) is 26.2 Å². The molecule has 1 N–H and O–H groups in total. The van der Waals surface area contributed by atoms with Crippen LogP contribution < -0.4 is 5.32 Å². The van der Waals surface area contributed by atoms with Gasteiger partial charge in [-0.25, -0.2) is 0 Å². The highest BCUT2D eigenvalue weighted by molar-refractivity contribution is 4.91. The monoisotopic (exact) mass is 264 g/mol. The molecule has 1 saturated heterocycles. The van der Waals surface area contributed by atoms with Crippen LogP contribution in [0.1, 0.15) is 70.6 Å². The third-order valence-electron chi connectivity index (χ3n) is 5.52. The molecule has 0 spiro atoms. The predicted octanol–water partition coefficient (Wildman–Crippen LogP) is 3.56. The first kappa shape index (κ1) is 13.9. The van der Waals surface area contributed by atoms with Gasteiger partial charge < -0.3 is 10.2 Å². The maximum atomic E-state index is 3.86. The van der Waals surface area contributed by atoms with E-state index in [1.54, 1.807) is 0 Å². The lowest BCUT2D eigenvalue weighted by Gasteiger charge is -2.40. The minimum atomic E-state index is 0.608. The Kier molecular flexibility index (Phi) is 4.81. The Labute approximate surface area is 119 Å². The Morgan fingerprint density at radius 1 is 0.842 bits per heavy atom. The van der Waals surface area contributed by atoms with Crippen molar-refractivity contribution in [1.29, 1.82) is 0 Å². The molecule has 0 amide bonds. The van der Waals surface area contributed by atoms with E-state index in [2.05, 4.69) is 10.2 Å². The summed E-state index contributed by atoms with van der Waals surface area (Å²) in [5.74, 6) is 0. The maximum Gasteiger partial charge on any atom is 0.00684 e. The summed E-state index contributed by atoms with van der Waals surface area (Å²) in [5.41, 5.74) is 0.608. The topological polar surface area (TPSA) is 15.3 Å². The van der Waals surface area contributed by atoms with Crippen LogP contribution in [-0.2, 0) is 0 Å². The molecule has 3 fully saturated rings. The lowest BCUT2D eigenvalue weighted by molar-refractivity contribution is 0.110. The van der Waals surface area contributed by atoms with E-state index < -0.39 is 0 Å². The van der Waals surface area contributed by atoms with Crippen molar-refractivity contribution in [3.05, 3.63) is 0 Å². The number of rotatable bonds is 5. The third kappa shape index (κ3) is 4.19. The zero-order valence-electron chi connectivity index (χ0n) is 12.6. The second-order valence-corrected chi connectivity index (χ2v) is 7.41. The fraction of sp³-hybridized carbons (Fsp3) is 1.00. The summed E-state index contributed by atoms with van der Waals surface area (Å²) in [6, 6.07) is 0.876. The molecule has 0 unspecified atom stereocenters. The van der Waals surface area contributed by atoms with Crippen LogP contribution in [0.4, 0.5) is 0 Å². The van der Waals surface area contributed by atoms with Crippen LogP contribution in [0.15, 0.2) is 0 Å². The molecule has 2 nitrogen and oxygen atoms in total. The van der Waals surface area contributed by atoms with Crippen LogP contribution in [0, 0.1) is 5.41 Å². The summed E-state index contributed by atoms with van der Waals surface area (Å²) in [6.45, 7) is 5.41. The molecule has 0 atom stereocenters. The van der Waals surface area contributed by atoms with Gasteiger partial charge in [0.2, 0.25) is 0 Å². The number of piperidine rings is 1. The van der Waals surface area contributed by atoms with Crippen molar-refractivity contribution in [2.45, 2.75) is 76.7 Å². The smallest absolute Gasteiger partial charge is 0.00684 e. The highest BCUT2D eigenvalue weighted by Crippen LogP contribution is 2.37. The Hall–Kier alpha value is -0.0800. The van der Waals surface area contributed by atoms with Gasteiger partial charge in [-0.15, -0.1) is 0 Å². The Balaban J connectivity index is 1.58. The Bertz CT molecular complexity index is 258. The zero-order valence-corrected chi connectivity index (χ0v) is 12.6. The molecule has 2 saturated carbocycles. The summed E-state index contributed by atoms with van der Waals surface area (Å²) in [5, 5.41) is 3.86. The van der Waals surface area contributed by atoms with Gasteiger partial charge in [-0.2, -0.15) is 0 Å². The molecular weight excluding hydrogens is 232 g/mol. The van der Waals surface area contributed by atoms with Crippen molar-refractivity contribution in [1.82, 2.24) is 10.2 Å². The number of likely N-dealkylation sites (tertiary alicyclic amines) is 1. The molecule has 110 valence electrons. The van der Waals surface area contributed by atoms with E-state index in [0.717, 1.165) is 6.04 Å². The highest BCUT2D eigenvalue weighted by atomic mass is 15.1. The van der Waals surface area contributed by atoms with E-state index >= 15 is 0 Å². The van der Waals surface area contributed by atoms with Crippen LogP contribution in [0.25, 0.3) is 0 Å². The summed E-state index contributed by atoms with van der Waals surface area (Å²) in [7, 11) is 0. The van der Waals surface area contributed by atoms with Gasteiger partial charge in [0.05, 0.1) is 0 Å². The summed E-state index contributed by atoms with van der Waals surface area (Å²) >= 11 is 0. The first-order chi connectivity index (χ1) is 9.36. The van der Waals surface area contributed by atoms with Crippen molar-refractivity contribution in [3.63, 3.8) is 0 Å². The molecule has 2 heteroatoms. The van der Waals surface area contributed by atoms with Crippen molar-refractivity contribution in [3.8, 4) is 0 Å². The van der Waals surface area contributed by atoms with Crippen LogP contribution in [-0.4, -0.2) is 37.1 Å². The Morgan fingerprint density at radius 3 is 2.11 bits per heavy atom. The molecule has 0 radical (unpaired) electrons. The molecule has 0 aromatic rings. The van der Waals surface area contributed by atoms with E-state index in [0.29, 0.717) is 5.41 Å². The van der Waals surface area contributed by atoms with Gasteiger partial charge in [-0.3, -0.25) is 0 Å². The fourth-order valence-electron chi connectivity index (χ4n) is 4.11. The molecule has 0 aromatic heterocycles. The van der Waals surface area contributed by atoms with E-state index in [1.807, 2.05) is 0 Å². The maximum absolute atomic E-state index is 3.86. The standard InChI is InChI=1S/C17H32N2/c1-2-5-11-17(10-4-1,14-18-16-8-9-16)15-19-12-6-3-7-13-19/h16,18H,1-15H2. The van der Waals surface area contributed by atoms with Gasteiger partial charge in [0, 0.05) is 19.1 Å². The minimum absolute atomic E-state index is 0.608. The minimum Gasteiger partial charge on any atom is -0.313 e. The third-order valence-corrected chi connectivity index (χ3v) is 5.52. The lowest BCUT2D eigenvalue weighted by atomic mass is 9.79. The van der Waals surface area contributed by atoms with Crippen LogP contribution in [0.2, 0.25) is 0 Å². The number of hydrogen-bond donors (Lipinski definition) is 1. The van der Waals surface area contributed by atoms with Crippen LogP contribution in [0.5, 0.6) is 0 Å². The van der Waals surface area contributed by atoms with Crippen LogP contribution >= 0.6 is 0 Å². The van der Waals surface area contributed by atoms with Crippen molar-refractivity contribution in [2.24, 2.45) is 5.41 Å². The molecule has 0 aromatic carbocycles. The van der Waals surface area contributed by atoms with Crippen LogP contribution in [0.3, 0.4) is 0 Å². The first-order valence-corrected chi connectivity index (χ1v) is 8.82. The second-order valence-electron chi connectivity index (χ2n) is 7.41. The first-order valence-electron chi connectivity index (χ1n) is 8.82. The van der Waals surface area contributed by atoms with Gasteiger partial charge in [0.1, 0.15) is 0 Å². The SMILES string of the molecule is C1CCN(CC2(CNC3CC3)CCCCCC2)CC1. The lowest BCUT2D eigenvalue weighted by Crippen LogP contribution is -2.46. The number of nitrogens with zero attached hydrogens (tertiary/aromatic N) is 1. The summed E-state index contributed by atoms with van der Waals surface area (Å²) in [4.78, 5) is 2.78. The van der Waals surface area contributed by atoms with Crippen molar-refractivity contribution >= 4 is 0 Å². The molecule has 1 heterocycles. The fourth-order valence-corrected chi connectivity index (χ4v) is 4.11. The van der Waals surface area contributed by atoms with Gasteiger partial charge in [0.25, 0.3) is 0 Å². The van der Waals surface area contributed by atoms with Gasteiger partial charge in [0.15, 0.2) is 0 Å². The quantitative estimate of drug-likeness (QED) is 0.764. The summed E-state index contributed by atoms with van der Waals surface area (Å²) < 4.78 is 0. The highest BCUT2D eigenvalue weighted by Gasteiger charge is 2.34. The average molecular weight is 264 g/mol. The Morgan fingerprint density at radius 2 is 1.47 bits per heavy atom. The molecular formula is C17H32N2. The van der Waals surface area contributed by atoms with E-state index in [-0.39, 0.29) is 0 Å². The molecule has 0 bridgehead atoms. The van der Waals surface area contributed by atoms with E-state index in [9.17, 15) is 0 Å². The van der Waals surface area contributed by atoms with Gasteiger partial charge >= 0.3 is 0 Å². The number of nitrogens with one attached hydrogen (secondary N) is 1. The number of hydrogen-bond acceptors (Lipinski definition) is 2. The average Bonchev–Trinajstić information content (AvgIpc) is 3.26. The van der Waals surface area contributed by atoms with Gasteiger partial charge in [-0.05, 0) is 57.0 Å². The second kappa shape index (κ2) is 6.58.